The molecule has 0 saturated heterocycles. The summed E-state index contributed by atoms with van der Waals surface area (Å²) in [7, 11) is -2.12. The van der Waals surface area contributed by atoms with Gasteiger partial charge in [-0.3, -0.25) is 9.52 Å². The smallest absolute Gasteiger partial charge is 0.263 e. The van der Waals surface area contributed by atoms with Gasteiger partial charge in [0.2, 0.25) is 5.91 Å². The average molecular weight is 420 g/mol. The molecule has 0 spiro atoms. The average Bonchev–Trinajstić information content (AvgIpc) is 3.20. The molecular weight excluding hydrogens is 406 g/mol. The van der Waals surface area contributed by atoms with E-state index in [0.717, 1.165) is 11.3 Å². The summed E-state index contributed by atoms with van der Waals surface area (Å²) in [6, 6.07) is 11.8. The number of sulfonamides is 1. The summed E-state index contributed by atoms with van der Waals surface area (Å²) in [4.78, 5) is 17.8. The largest absolute Gasteiger partial charge is 0.315 e. The second kappa shape index (κ2) is 6.63. The molecule has 1 aromatic heterocycles. The predicted octanol–water partition coefficient (Wildman–Crippen LogP) is 3.78. The summed E-state index contributed by atoms with van der Waals surface area (Å²) in [6.07, 6.45) is 0.202. The fourth-order valence-electron chi connectivity index (χ4n) is 2.86. The molecule has 3 aromatic rings. The van der Waals surface area contributed by atoms with Crippen LogP contribution >= 0.6 is 22.9 Å². The van der Waals surface area contributed by atoms with Gasteiger partial charge in [0.25, 0.3) is 10.0 Å². The van der Waals surface area contributed by atoms with Gasteiger partial charge >= 0.3 is 0 Å². The van der Waals surface area contributed by atoms with Crippen LogP contribution in [0.25, 0.3) is 11.3 Å². The van der Waals surface area contributed by atoms with E-state index < -0.39 is 10.0 Å². The lowest BCUT2D eigenvalue weighted by atomic mass is 10.2. The van der Waals surface area contributed by atoms with Crippen molar-refractivity contribution < 1.29 is 13.2 Å². The molecule has 0 atom stereocenters. The fraction of sp³-hybridized carbons (Fsp3) is 0.111. The van der Waals surface area contributed by atoms with E-state index >= 15 is 0 Å². The van der Waals surface area contributed by atoms with E-state index in [4.69, 9.17) is 11.6 Å². The lowest BCUT2D eigenvalue weighted by Crippen LogP contribution is -2.20. The number of carbonyl (C=O) groups excluding carboxylic acids is 1. The fourth-order valence-corrected chi connectivity index (χ4v) is 5.01. The van der Waals surface area contributed by atoms with Gasteiger partial charge in [-0.25, -0.2) is 13.4 Å². The van der Waals surface area contributed by atoms with Crippen molar-refractivity contribution in [1.29, 1.82) is 0 Å². The molecule has 0 saturated carbocycles. The van der Waals surface area contributed by atoms with E-state index in [2.05, 4.69) is 9.71 Å². The molecule has 2 aromatic carbocycles. The molecule has 1 aliphatic rings. The van der Waals surface area contributed by atoms with Crippen LogP contribution in [0.2, 0.25) is 5.02 Å². The zero-order valence-corrected chi connectivity index (χ0v) is 16.5. The van der Waals surface area contributed by atoms with Gasteiger partial charge in [0.1, 0.15) is 0 Å². The summed E-state index contributed by atoms with van der Waals surface area (Å²) in [5, 5.41) is 2.67. The van der Waals surface area contributed by atoms with Crippen molar-refractivity contribution in [1.82, 2.24) is 4.98 Å². The number of fused-ring (bicyclic) bond motifs is 1. The van der Waals surface area contributed by atoms with E-state index in [1.165, 1.54) is 28.4 Å². The van der Waals surface area contributed by atoms with Crippen molar-refractivity contribution in [2.24, 2.45) is 0 Å². The Morgan fingerprint density at radius 3 is 2.67 bits per heavy atom. The molecule has 0 aliphatic carbocycles. The molecule has 0 fully saturated rings. The Morgan fingerprint density at radius 1 is 1.19 bits per heavy atom. The molecule has 0 bridgehead atoms. The van der Waals surface area contributed by atoms with Crippen molar-refractivity contribution in [3.8, 4) is 11.3 Å². The number of hydrogen-bond donors (Lipinski definition) is 1. The van der Waals surface area contributed by atoms with Gasteiger partial charge in [-0.05, 0) is 35.9 Å². The van der Waals surface area contributed by atoms with Crippen LogP contribution in [0.15, 0.2) is 52.7 Å². The molecule has 9 heteroatoms. The third kappa shape index (κ3) is 3.43. The van der Waals surface area contributed by atoms with Gasteiger partial charge in [-0.15, -0.1) is 11.3 Å². The van der Waals surface area contributed by atoms with Gasteiger partial charge in [0.15, 0.2) is 5.13 Å². The number of rotatable bonds is 4. The van der Waals surface area contributed by atoms with E-state index in [1.54, 1.807) is 30.6 Å². The number of nitrogens with one attached hydrogen (secondary N) is 1. The van der Waals surface area contributed by atoms with Gasteiger partial charge in [-0.1, -0.05) is 23.7 Å². The maximum Gasteiger partial charge on any atom is 0.263 e. The number of carbonyl (C=O) groups is 1. The van der Waals surface area contributed by atoms with Gasteiger partial charge in [0, 0.05) is 28.7 Å². The molecule has 138 valence electrons. The van der Waals surface area contributed by atoms with Crippen LogP contribution in [-0.4, -0.2) is 26.4 Å². The number of halogens is 1. The number of aromatic nitrogens is 1. The molecule has 4 rings (SSSR count). The van der Waals surface area contributed by atoms with Crippen LogP contribution < -0.4 is 9.62 Å². The highest BCUT2D eigenvalue weighted by Gasteiger charge is 2.26. The number of benzene rings is 2. The van der Waals surface area contributed by atoms with Crippen LogP contribution in [0.3, 0.4) is 0 Å². The molecular formula is C18H14ClN3O3S2. The second-order valence-electron chi connectivity index (χ2n) is 6.07. The lowest BCUT2D eigenvalue weighted by Gasteiger charge is -2.11. The Kier molecular flexibility index (Phi) is 4.41. The number of nitrogens with zero attached hydrogens (tertiary/aromatic N) is 2. The van der Waals surface area contributed by atoms with Gasteiger partial charge in [0.05, 0.1) is 17.0 Å². The minimum atomic E-state index is -3.80. The van der Waals surface area contributed by atoms with E-state index in [0.29, 0.717) is 16.3 Å². The minimum absolute atomic E-state index is 0.0555. The summed E-state index contributed by atoms with van der Waals surface area (Å²) < 4.78 is 27.9. The number of likely N-dealkylation sites (N-methyl/N-ethyl adjacent to an activating group) is 1. The first-order valence-electron chi connectivity index (χ1n) is 7.97. The molecule has 1 amide bonds. The Bertz CT molecular complexity index is 1140. The quantitative estimate of drug-likeness (QED) is 0.697. The number of amides is 1. The van der Waals surface area contributed by atoms with E-state index in [9.17, 15) is 13.2 Å². The lowest BCUT2D eigenvalue weighted by molar-refractivity contribution is -0.117. The highest BCUT2D eigenvalue weighted by Crippen LogP contribution is 2.31. The van der Waals surface area contributed by atoms with Crippen LogP contribution in [-0.2, 0) is 21.2 Å². The third-order valence-corrected chi connectivity index (χ3v) is 6.78. The first-order valence-corrected chi connectivity index (χ1v) is 10.7. The summed E-state index contributed by atoms with van der Waals surface area (Å²) in [5.74, 6) is -0.0555. The normalized spacial score (nSPS) is 13.7. The van der Waals surface area contributed by atoms with Gasteiger partial charge < -0.3 is 4.90 Å². The van der Waals surface area contributed by atoms with Crippen LogP contribution in [0.4, 0.5) is 10.8 Å². The Morgan fingerprint density at radius 2 is 1.93 bits per heavy atom. The monoisotopic (exact) mass is 419 g/mol. The molecule has 1 N–H and O–H groups in total. The van der Waals surface area contributed by atoms with Crippen molar-refractivity contribution in [3.05, 3.63) is 58.4 Å². The van der Waals surface area contributed by atoms with Crippen molar-refractivity contribution in [2.75, 3.05) is 16.7 Å². The van der Waals surface area contributed by atoms with Crippen LogP contribution in [0, 0.1) is 0 Å². The SMILES string of the molecule is CN1C(=O)Cc2cc(S(=O)(=O)Nc3nc(-c4ccc(Cl)cc4)cs3)ccc21. The maximum atomic E-state index is 12.7. The molecule has 0 radical (unpaired) electrons. The van der Waals surface area contributed by atoms with Crippen molar-refractivity contribution >= 4 is 49.7 Å². The second-order valence-corrected chi connectivity index (χ2v) is 9.05. The zero-order valence-electron chi connectivity index (χ0n) is 14.1. The summed E-state index contributed by atoms with van der Waals surface area (Å²) in [6.45, 7) is 0. The highest BCUT2D eigenvalue weighted by atomic mass is 35.5. The number of thiazole rings is 1. The Balaban J connectivity index is 1.59. The standard InChI is InChI=1S/C18H14ClN3O3S2/c1-22-16-7-6-14(8-12(16)9-17(22)23)27(24,25)21-18-20-15(10-26-18)11-2-4-13(19)5-3-11/h2-8,10H,9H2,1H3,(H,20,21). The molecule has 27 heavy (non-hydrogen) atoms. The Labute approximate surface area is 165 Å². The predicted molar refractivity (Wildman–Crippen MR) is 107 cm³/mol. The minimum Gasteiger partial charge on any atom is -0.315 e. The van der Waals surface area contributed by atoms with E-state index in [-0.39, 0.29) is 22.4 Å². The van der Waals surface area contributed by atoms with Crippen LogP contribution in [0.5, 0.6) is 0 Å². The first-order chi connectivity index (χ1) is 12.8. The summed E-state index contributed by atoms with van der Waals surface area (Å²) in [5.41, 5.74) is 2.94. The first kappa shape index (κ1) is 18.0. The highest BCUT2D eigenvalue weighted by molar-refractivity contribution is 7.93. The summed E-state index contributed by atoms with van der Waals surface area (Å²) >= 11 is 7.08. The number of hydrogen-bond acceptors (Lipinski definition) is 5. The molecule has 2 heterocycles. The molecule has 0 unspecified atom stereocenters. The van der Waals surface area contributed by atoms with Crippen molar-refractivity contribution in [2.45, 2.75) is 11.3 Å². The van der Waals surface area contributed by atoms with Crippen molar-refractivity contribution in [3.63, 3.8) is 0 Å². The maximum absolute atomic E-state index is 12.7. The molecule has 6 nitrogen and oxygen atoms in total. The van der Waals surface area contributed by atoms with E-state index in [1.807, 2.05) is 12.1 Å². The van der Waals surface area contributed by atoms with Gasteiger partial charge in [-0.2, -0.15) is 0 Å². The van der Waals surface area contributed by atoms with Crippen LogP contribution in [0.1, 0.15) is 5.56 Å². The third-order valence-electron chi connectivity index (χ3n) is 4.30. The Hall–Kier alpha value is -2.42. The zero-order chi connectivity index (χ0) is 19.2. The number of anilines is 2. The topological polar surface area (TPSA) is 79.4 Å². The molecule has 1 aliphatic heterocycles.